The third kappa shape index (κ3) is 3.41. The summed E-state index contributed by atoms with van der Waals surface area (Å²) < 4.78 is 5.87. The van der Waals surface area contributed by atoms with Crippen LogP contribution in [-0.4, -0.2) is 24.7 Å². The van der Waals surface area contributed by atoms with Gasteiger partial charge in [0.1, 0.15) is 5.69 Å². The minimum Gasteiger partial charge on any atom is -0.381 e. The SMILES string of the molecule is O=[N+]([O-])c1cc(Br)ccc1NOCC1CCOC1. The molecule has 0 amide bonds. The highest BCUT2D eigenvalue weighted by molar-refractivity contribution is 9.10. The predicted molar refractivity (Wildman–Crippen MR) is 69.3 cm³/mol. The fourth-order valence-corrected chi connectivity index (χ4v) is 2.04. The molecule has 0 aromatic heterocycles. The van der Waals surface area contributed by atoms with Crippen molar-refractivity contribution in [2.75, 3.05) is 25.3 Å². The van der Waals surface area contributed by atoms with E-state index < -0.39 is 4.92 Å². The molecule has 0 aliphatic carbocycles. The Labute approximate surface area is 113 Å². The van der Waals surface area contributed by atoms with Crippen LogP contribution in [0.5, 0.6) is 0 Å². The molecule has 7 heteroatoms. The number of halogens is 1. The van der Waals surface area contributed by atoms with E-state index in [1.165, 1.54) is 6.07 Å². The second kappa shape index (κ2) is 6.12. The van der Waals surface area contributed by atoms with Crippen LogP contribution >= 0.6 is 15.9 Å². The average Bonchev–Trinajstić information content (AvgIpc) is 2.84. The summed E-state index contributed by atoms with van der Waals surface area (Å²) in [5, 5.41) is 10.9. The Bertz CT molecular complexity index is 435. The van der Waals surface area contributed by atoms with Crippen LogP contribution < -0.4 is 5.48 Å². The molecule has 1 saturated heterocycles. The van der Waals surface area contributed by atoms with Crippen LogP contribution in [0.15, 0.2) is 22.7 Å². The standard InChI is InChI=1S/C11H13BrN2O4/c12-9-1-2-10(11(5-9)14(15)16)13-18-7-8-3-4-17-6-8/h1-2,5,8,13H,3-4,6-7H2. The number of nitrogens with zero attached hydrogens (tertiary/aromatic N) is 1. The van der Waals surface area contributed by atoms with Gasteiger partial charge in [-0.15, -0.1) is 0 Å². The van der Waals surface area contributed by atoms with Crippen LogP contribution in [-0.2, 0) is 9.57 Å². The van der Waals surface area contributed by atoms with E-state index in [-0.39, 0.29) is 5.69 Å². The van der Waals surface area contributed by atoms with Crippen molar-refractivity contribution in [3.8, 4) is 0 Å². The van der Waals surface area contributed by atoms with Gasteiger partial charge in [-0.25, -0.2) is 0 Å². The van der Waals surface area contributed by atoms with Crippen molar-refractivity contribution in [2.45, 2.75) is 6.42 Å². The lowest BCUT2D eigenvalue weighted by Gasteiger charge is -2.10. The molecule has 98 valence electrons. The van der Waals surface area contributed by atoms with Gasteiger partial charge in [-0.3, -0.25) is 20.4 Å². The van der Waals surface area contributed by atoms with Crippen molar-refractivity contribution in [2.24, 2.45) is 5.92 Å². The monoisotopic (exact) mass is 316 g/mol. The zero-order valence-electron chi connectivity index (χ0n) is 9.60. The fraction of sp³-hybridized carbons (Fsp3) is 0.455. The summed E-state index contributed by atoms with van der Waals surface area (Å²) in [6.45, 7) is 1.92. The molecule has 1 heterocycles. The molecule has 18 heavy (non-hydrogen) atoms. The van der Waals surface area contributed by atoms with E-state index in [0.717, 1.165) is 13.0 Å². The molecular formula is C11H13BrN2O4. The molecule has 1 atom stereocenters. The minimum absolute atomic E-state index is 0.0213. The van der Waals surface area contributed by atoms with Gasteiger partial charge in [0.2, 0.25) is 0 Å². The highest BCUT2D eigenvalue weighted by atomic mass is 79.9. The summed E-state index contributed by atoms with van der Waals surface area (Å²) in [5.74, 6) is 0.354. The first kappa shape index (κ1) is 13.3. The quantitative estimate of drug-likeness (QED) is 0.668. The van der Waals surface area contributed by atoms with Crippen molar-refractivity contribution in [3.63, 3.8) is 0 Å². The van der Waals surface area contributed by atoms with E-state index in [1.54, 1.807) is 12.1 Å². The van der Waals surface area contributed by atoms with E-state index in [4.69, 9.17) is 9.57 Å². The number of ether oxygens (including phenoxy) is 1. The Morgan fingerprint density at radius 3 is 3.11 bits per heavy atom. The molecular weight excluding hydrogens is 304 g/mol. The lowest BCUT2D eigenvalue weighted by molar-refractivity contribution is -0.384. The van der Waals surface area contributed by atoms with E-state index in [1.807, 2.05) is 0 Å². The summed E-state index contributed by atoms with van der Waals surface area (Å²) in [4.78, 5) is 15.7. The molecule has 0 bridgehead atoms. The molecule has 1 N–H and O–H groups in total. The number of hydrogen-bond acceptors (Lipinski definition) is 5. The zero-order valence-corrected chi connectivity index (χ0v) is 11.2. The molecule has 0 spiro atoms. The largest absolute Gasteiger partial charge is 0.381 e. The number of rotatable bonds is 5. The second-order valence-corrected chi connectivity index (χ2v) is 4.98. The Balaban J connectivity index is 1.93. The Kier molecular flexibility index (Phi) is 4.51. The lowest BCUT2D eigenvalue weighted by atomic mass is 10.1. The van der Waals surface area contributed by atoms with Crippen molar-refractivity contribution >= 4 is 27.3 Å². The van der Waals surface area contributed by atoms with Gasteiger partial charge in [-0.1, -0.05) is 15.9 Å². The van der Waals surface area contributed by atoms with E-state index in [0.29, 0.717) is 29.3 Å². The maximum atomic E-state index is 10.9. The first-order valence-corrected chi connectivity index (χ1v) is 6.35. The highest BCUT2D eigenvalue weighted by Gasteiger charge is 2.17. The molecule has 1 aromatic rings. The summed E-state index contributed by atoms with van der Waals surface area (Å²) in [5.41, 5.74) is 2.96. The van der Waals surface area contributed by atoms with Crippen LogP contribution in [0.3, 0.4) is 0 Å². The van der Waals surface area contributed by atoms with Gasteiger partial charge >= 0.3 is 0 Å². The normalized spacial score (nSPS) is 18.8. The van der Waals surface area contributed by atoms with Crippen molar-refractivity contribution in [3.05, 3.63) is 32.8 Å². The molecule has 1 aliphatic rings. The fourth-order valence-electron chi connectivity index (χ4n) is 1.69. The number of anilines is 1. The average molecular weight is 317 g/mol. The van der Waals surface area contributed by atoms with Gasteiger partial charge in [-0.05, 0) is 18.6 Å². The van der Waals surface area contributed by atoms with Crippen LogP contribution in [0.25, 0.3) is 0 Å². The van der Waals surface area contributed by atoms with Crippen molar-refractivity contribution in [1.29, 1.82) is 0 Å². The number of nitro groups is 1. The number of nitrogens with one attached hydrogen (secondary N) is 1. The van der Waals surface area contributed by atoms with E-state index >= 15 is 0 Å². The third-order valence-electron chi connectivity index (χ3n) is 2.68. The van der Waals surface area contributed by atoms with Crippen LogP contribution in [0.2, 0.25) is 0 Å². The smallest absolute Gasteiger partial charge is 0.295 e. The van der Waals surface area contributed by atoms with Gasteiger partial charge in [0, 0.05) is 23.1 Å². The Morgan fingerprint density at radius 1 is 1.61 bits per heavy atom. The molecule has 2 rings (SSSR count). The summed E-state index contributed by atoms with van der Waals surface area (Å²) >= 11 is 3.20. The molecule has 0 saturated carbocycles. The summed E-state index contributed by atoms with van der Waals surface area (Å²) in [6, 6.07) is 4.76. The number of hydrogen-bond donors (Lipinski definition) is 1. The van der Waals surface area contributed by atoms with Crippen LogP contribution in [0.1, 0.15) is 6.42 Å². The predicted octanol–water partition coefficient (Wildman–Crippen LogP) is 2.74. The Hall–Kier alpha value is -1.18. The molecule has 6 nitrogen and oxygen atoms in total. The number of nitro benzene ring substituents is 1. The number of benzene rings is 1. The molecule has 1 fully saturated rings. The van der Waals surface area contributed by atoms with Crippen LogP contribution in [0.4, 0.5) is 11.4 Å². The molecule has 1 aliphatic heterocycles. The molecule has 0 radical (unpaired) electrons. The van der Waals surface area contributed by atoms with E-state index in [9.17, 15) is 10.1 Å². The first-order chi connectivity index (χ1) is 8.66. The van der Waals surface area contributed by atoms with Crippen molar-refractivity contribution < 1.29 is 14.5 Å². The summed E-state index contributed by atoms with van der Waals surface area (Å²) in [6.07, 6.45) is 0.962. The van der Waals surface area contributed by atoms with Gasteiger partial charge in [0.05, 0.1) is 18.1 Å². The van der Waals surface area contributed by atoms with Gasteiger partial charge in [0.25, 0.3) is 5.69 Å². The maximum absolute atomic E-state index is 10.9. The van der Waals surface area contributed by atoms with Crippen LogP contribution in [0, 0.1) is 16.0 Å². The van der Waals surface area contributed by atoms with Gasteiger partial charge in [0.15, 0.2) is 0 Å². The minimum atomic E-state index is -0.449. The van der Waals surface area contributed by atoms with Crippen molar-refractivity contribution in [1.82, 2.24) is 0 Å². The lowest BCUT2D eigenvalue weighted by Crippen LogP contribution is -2.13. The third-order valence-corrected chi connectivity index (χ3v) is 3.17. The Morgan fingerprint density at radius 2 is 2.44 bits per heavy atom. The highest BCUT2D eigenvalue weighted by Crippen LogP contribution is 2.28. The molecule has 1 aromatic carbocycles. The van der Waals surface area contributed by atoms with Gasteiger partial charge in [-0.2, -0.15) is 0 Å². The van der Waals surface area contributed by atoms with Gasteiger partial charge < -0.3 is 4.74 Å². The first-order valence-electron chi connectivity index (χ1n) is 5.56. The van der Waals surface area contributed by atoms with E-state index in [2.05, 4.69) is 21.4 Å². The maximum Gasteiger partial charge on any atom is 0.295 e. The topological polar surface area (TPSA) is 73.6 Å². The summed E-state index contributed by atoms with van der Waals surface area (Å²) in [7, 11) is 0. The second-order valence-electron chi connectivity index (χ2n) is 4.06. The zero-order chi connectivity index (χ0) is 13.0. The molecule has 1 unspecified atom stereocenters.